The van der Waals surface area contributed by atoms with Crippen molar-refractivity contribution in [3.8, 4) is 11.3 Å². The Morgan fingerprint density at radius 1 is 0.857 bits per heavy atom. The van der Waals surface area contributed by atoms with Gasteiger partial charge >= 0.3 is 0 Å². The summed E-state index contributed by atoms with van der Waals surface area (Å²) in [7, 11) is 0. The lowest BCUT2D eigenvalue weighted by atomic mass is 10.0. The molecule has 2 aromatic carbocycles. The predicted octanol–water partition coefficient (Wildman–Crippen LogP) is 3.99. The Labute approximate surface area is 124 Å². The molecule has 3 rings (SSSR count). The molecule has 0 saturated heterocycles. The first-order chi connectivity index (χ1) is 10.2. The second-order valence-corrected chi connectivity index (χ2v) is 5.50. The van der Waals surface area contributed by atoms with Crippen molar-refractivity contribution in [2.75, 3.05) is 0 Å². The predicted molar refractivity (Wildman–Crippen MR) is 84.8 cm³/mol. The van der Waals surface area contributed by atoms with Gasteiger partial charge in [-0.05, 0) is 12.0 Å². The summed E-state index contributed by atoms with van der Waals surface area (Å²) < 4.78 is 0. The molecular formula is C18H18N2O. The van der Waals surface area contributed by atoms with Crippen LogP contribution in [0, 0.1) is 5.92 Å². The van der Waals surface area contributed by atoms with Crippen LogP contribution in [0.25, 0.3) is 22.2 Å². The van der Waals surface area contributed by atoms with E-state index in [-0.39, 0.29) is 5.92 Å². The molecule has 0 radical (unpaired) electrons. The van der Waals surface area contributed by atoms with Gasteiger partial charge in [-0.1, -0.05) is 62.4 Å². The largest absolute Gasteiger partial charge is 0.385 e. The first-order valence-electron chi connectivity index (χ1n) is 7.17. The van der Waals surface area contributed by atoms with Gasteiger partial charge in [-0.25, -0.2) is 9.97 Å². The molecule has 3 nitrogen and oxygen atoms in total. The van der Waals surface area contributed by atoms with Crippen LogP contribution in [0.15, 0.2) is 54.6 Å². The Bertz CT molecular complexity index is 754. The average molecular weight is 278 g/mol. The van der Waals surface area contributed by atoms with Crippen molar-refractivity contribution in [2.45, 2.75) is 20.0 Å². The highest BCUT2D eigenvalue weighted by Crippen LogP contribution is 2.28. The monoisotopic (exact) mass is 278 g/mol. The maximum atomic E-state index is 10.3. The van der Waals surface area contributed by atoms with Gasteiger partial charge < -0.3 is 5.11 Å². The molecule has 3 heteroatoms. The SMILES string of the molecule is CC(C)[C@H](O)c1nc(-c2ccccc2)c2ccccc2n1. The Kier molecular flexibility index (Phi) is 3.67. The molecule has 0 aliphatic rings. The summed E-state index contributed by atoms with van der Waals surface area (Å²) in [6.45, 7) is 3.93. The fraction of sp³-hybridized carbons (Fsp3) is 0.222. The normalized spacial score (nSPS) is 12.8. The topological polar surface area (TPSA) is 46.0 Å². The third-order valence-corrected chi connectivity index (χ3v) is 3.56. The summed E-state index contributed by atoms with van der Waals surface area (Å²) in [4.78, 5) is 9.15. The van der Waals surface area contributed by atoms with Crippen LogP contribution < -0.4 is 0 Å². The zero-order valence-corrected chi connectivity index (χ0v) is 12.2. The zero-order chi connectivity index (χ0) is 14.8. The van der Waals surface area contributed by atoms with Crippen molar-refractivity contribution in [1.82, 2.24) is 9.97 Å². The van der Waals surface area contributed by atoms with E-state index in [1.165, 1.54) is 0 Å². The molecule has 1 N–H and O–H groups in total. The maximum Gasteiger partial charge on any atom is 0.158 e. The summed E-state index contributed by atoms with van der Waals surface area (Å²) in [5, 5.41) is 11.3. The molecule has 0 fully saturated rings. The quantitative estimate of drug-likeness (QED) is 0.788. The minimum atomic E-state index is -0.655. The average Bonchev–Trinajstić information content (AvgIpc) is 2.53. The molecule has 0 aliphatic carbocycles. The van der Waals surface area contributed by atoms with Crippen LogP contribution in [0.3, 0.4) is 0 Å². The molecule has 1 atom stereocenters. The molecule has 106 valence electrons. The second kappa shape index (κ2) is 5.62. The summed E-state index contributed by atoms with van der Waals surface area (Å²) in [6, 6.07) is 17.9. The summed E-state index contributed by atoms with van der Waals surface area (Å²) in [5.41, 5.74) is 2.77. The van der Waals surface area contributed by atoms with Crippen LogP contribution in [0.4, 0.5) is 0 Å². The number of hydrogen-bond acceptors (Lipinski definition) is 3. The molecule has 21 heavy (non-hydrogen) atoms. The second-order valence-electron chi connectivity index (χ2n) is 5.50. The highest BCUT2D eigenvalue weighted by Gasteiger charge is 2.18. The first-order valence-corrected chi connectivity index (χ1v) is 7.17. The lowest BCUT2D eigenvalue weighted by Crippen LogP contribution is -2.11. The van der Waals surface area contributed by atoms with Gasteiger partial charge in [0.15, 0.2) is 5.82 Å². The Morgan fingerprint density at radius 2 is 1.52 bits per heavy atom. The van der Waals surface area contributed by atoms with Gasteiger partial charge in [0, 0.05) is 10.9 Å². The number of fused-ring (bicyclic) bond motifs is 1. The van der Waals surface area contributed by atoms with E-state index in [1.54, 1.807) is 0 Å². The van der Waals surface area contributed by atoms with Crippen LogP contribution in [-0.4, -0.2) is 15.1 Å². The van der Waals surface area contributed by atoms with Crippen molar-refractivity contribution in [3.63, 3.8) is 0 Å². The van der Waals surface area contributed by atoms with E-state index >= 15 is 0 Å². The molecule has 3 aromatic rings. The van der Waals surface area contributed by atoms with Crippen LogP contribution in [-0.2, 0) is 0 Å². The van der Waals surface area contributed by atoms with Crippen molar-refractivity contribution in [2.24, 2.45) is 5.92 Å². The van der Waals surface area contributed by atoms with Crippen LogP contribution in [0.5, 0.6) is 0 Å². The van der Waals surface area contributed by atoms with Crippen molar-refractivity contribution < 1.29 is 5.11 Å². The van der Waals surface area contributed by atoms with E-state index in [2.05, 4.69) is 9.97 Å². The number of benzene rings is 2. The van der Waals surface area contributed by atoms with Crippen LogP contribution in [0.2, 0.25) is 0 Å². The minimum Gasteiger partial charge on any atom is -0.385 e. The molecule has 1 aromatic heterocycles. The minimum absolute atomic E-state index is 0.0785. The van der Waals surface area contributed by atoms with Crippen molar-refractivity contribution >= 4 is 10.9 Å². The molecule has 0 spiro atoms. The van der Waals surface area contributed by atoms with E-state index in [1.807, 2.05) is 68.4 Å². The number of aliphatic hydroxyl groups is 1. The van der Waals surface area contributed by atoms with Crippen molar-refractivity contribution in [3.05, 3.63) is 60.4 Å². The van der Waals surface area contributed by atoms with Gasteiger partial charge in [-0.2, -0.15) is 0 Å². The number of para-hydroxylation sites is 1. The van der Waals surface area contributed by atoms with Gasteiger partial charge in [0.1, 0.15) is 6.10 Å². The molecule has 0 aliphatic heterocycles. The standard InChI is InChI=1S/C18H18N2O/c1-12(2)17(21)18-19-15-11-7-6-10-14(15)16(20-18)13-8-4-3-5-9-13/h3-12,17,21H,1-2H3/t17-/m0/s1. The Hall–Kier alpha value is -2.26. The van der Waals surface area contributed by atoms with Gasteiger partial charge in [-0.3, -0.25) is 0 Å². The van der Waals surface area contributed by atoms with Gasteiger partial charge in [0.2, 0.25) is 0 Å². The summed E-state index contributed by atoms with van der Waals surface area (Å²) in [6.07, 6.45) is -0.655. The maximum absolute atomic E-state index is 10.3. The highest BCUT2D eigenvalue weighted by atomic mass is 16.3. The van der Waals surface area contributed by atoms with Gasteiger partial charge in [0.05, 0.1) is 11.2 Å². The van der Waals surface area contributed by atoms with Gasteiger partial charge in [0.25, 0.3) is 0 Å². The smallest absolute Gasteiger partial charge is 0.158 e. The summed E-state index contributed by atoms with van der Waals surface area (Å²) >= 11 is 0. The number of nitrogens with zero attached hydrogens (tertiary/aromatic N) is 2. The first kappa shape index (κ1) is 13.7. The van der Waals surface area contributed by atoms with Crippen molar-refractivity contribution in [1.29, 1.82) is 0 Å². The number of rotatable bonds is 3. The molecular weight excluding hydrogens is 260 g/mol. The number of hydrogen-bond donors (Lipinski definition) is 1. The van der Waals surface area contributed by atoms with Crippen LogP contribution >= 0.6 is 0 Å². The number of aromatic nitrogens is 2. The third-order valence-electron chi connectivity index (χ3n) is 3.56. The summed E-state index contributed by atoms with van der Waals surface area (Å²) in [5.74, 6) is 0.567. The fourth-order valence-corrected chi connectivity index (χ4v) is 2.34. The molecule has 0 amide bonds. The van der Waals surface area contributed by atoms with E-state index in [0.29, 0.717) is 5.82 Å². The van der Waals surface area contributed by atoms with Gasteiger partial charge in [-0.15, -0.1) is 0 Å². The molecule has 0 unspecified atom stereocenters. The highest BCUT2D eigenvalue weighted by molar-refractivity contribution is 5.92. The van der Waals surface area contributed by atoms with E-state index in [0.717, 1.165) is 22.2 Å². The lowest BCUT2D eigenvalue weighted by molar-refractivity contribution is 0.118. The fourth-order valence-electron chi connectivity index (χ4n) is 2.34. The number of aliphatic hydroxyl groups excluding tert-OH is 1. The van der Waals surface area contributed by atoms with E-state index in [4.69, 9.17) is 0 Å². The molecule has 0 bridgehead atoms. The zero-order valence-electron chi connectivity index (χ0n) is 12.2. The van der Waals surface area contributed by atoms with Crippen LogP contribution in [0.1, 0.15) is 25.8 Å². The molecule has 1 heterocycles. The Balaban J connectivity index is 2.26. The Morgan fingerprint density at radius 3 is 2.24 bits per heavy atom. The van der Waals surface area contributed by atoms with E-state index in [9.17, 15) is 5.11 Å². The molecule has 0 saturated carbocycles. The lowest BCUT2D eigenvalue weighted by Gasteiger charge is -2.15. The van der Waals surface area contributed by atoms with E-state index < -0.39 is 6.10 Å². The third kappa shape index (κ3) is 2.65.